The van der Waals surface area contributed by atoms with Crippen LogP contribution in [0.5, 0.6) is 0 Å². The van der Waals surface area contributed by atoms with Gasteiger partial charge in [-0.2, -0.15) is 0 Å². The van der Waals surface area contributed by atoms with Crippen LogP contribution in [-0.4, -0.2) is 52.9 Å². The molecule has 4 atom stereocenters. The van der Waals surface area contributed by atoms with Gasteiger partial charge in [-0.25, -0.2) is 0 Å². The lowest BCUT2D eigenvalue weighted by molar-refractivity contribution is -0.157. The molecule has 0 aromatic heterocycles. The molecule has 3 N–H and O–H groups in total. The molecule has 1 aromatic rings. The fourth-order valence-corrected chi connectivity index (χ4v) is 5.52. The van der Waals surface area contributed by atoms with Gasteiger partial charge in [0, 0.05) is 42.4 Å². The monoisotopic (exact) mass is 491 g/mol. The van der Waals surface area contributed by atoms with Crippen molar-refractivity contribution in [1.82, 2.24) is 15.5 Å². The van der Waals surface area contributed by atoms with Crippen LogP contribution in [0, 0.1) is 17.3 Å². The minimum absolute atomic E-state index is 0.00916. The summed E-state index contributed by atoms with van der Waals surface area (Å²) < 4.78 is 0. The Balaban J connectivity index is 1.68. The maximum atomic E-state index is 13.5. The number of rotatable bonds is 6. The Labute approximate surface area is 207 Å². The Morgan fingerprint density at radius 1 is 1.15 bits per heavy atom. The number of benzene rings is 1. The molecule has 1 aliphatic heterocycles. The zero-order chi connectivity index (χ0) is 25.3. The molecule has 3 rings (SSSR count). The van der Waals surface area contributed by atoms with Crippen LogP contribution in [-0.2, 0) is 20.0 Å². The van der Waals surface area contributed by atoms with Gasteiger partial charge >= 0.3 is 0 Å². The summed E-state index contributed by atoms with van der Waals surface area (Å²) in [7, 11) is 0. The number of piperidine rings is 1. The van der Waals surface area contributed by atoms with Crippen molar-refractivity contribution in [1.29, 1.82) is 0 Å². The van der Waals surface area contributed by atoms with E-state index in [0.717, 1.165) is 12.0 Å². The summed E-state index contributed by atoms with van der Waals surface area (Å²) in [4.78, 5) is 39.6. The van der Waals surface area contributed by atoms with Crippen LogP contribution in [0.3, 0.4) is 0 Å². The molecule has 0 unspecified atom stereocenters. The van der Waals surface area contributed by atoms with Crippen molar-refractivity contribution in [2.45, 2.75) is 78.0 Å². The normalized spacial score (nSPS) is 27.4. The third-order valence-electron chi connectivity index (χ3n) is 7.52. The molecule has 1 saturated heterocycles. The van der Waals surface area contributed by atoms with Gasteiger partial charge in [-0.3, -0.25) is 14.4 Å². The highest BCUT2D eigenvalue weighted by Gasteiger charge is 2.50. The summed E-state index contributed by atoms with van der Waals surface area (Å²) in [6.07, 6.45) is 2.45. The van der Waals surface area contributed by atoms with Gasteiger partial charge in [0.15, 0.2) is 0 Å². The van der Waals surface area contributed by atoms with Gasteiger partial charge in [0.1, 0.15) is 6.04 Å². The summed E-state index contributed by atoms with van der Waals surface area (Å²) in [5, 5.41) is 18.1. The molecule has 0 spiro atoms. The minimum atomic E-state index is -1.09. The van der Waals surface area contributed by atoms with E-state index < -0.39 is 17.1 Å². The Morgan fingerprint density at radius 3 is 2.35 bits per heavy atom. The topological polar surface area (TPSA) is 98.7 Å². The van der Waals surface area contributed by atoms with E-state index in [4.69, 9.17) is 11.6 Å². The van der Waals surface area contributed by atoms with Gasteiger partial charge in [0.05, 0.1) is 5.60 Å². The molecule has 34 heavy (non-hydrogen) atoms. The van der Waals surface area contributed by atoms with Crippen LogP contribution in [0.25, 0.3) is 0 Å². The number of nitrogens with one attached hydrogen (secondary N) is 2. The molecule has 2 fully saturated rings. The molecule has 2 aliphatic rings. The molecule has 7 nitrogen and oxygen atoms in total. The molecule has 8 heteroatoms. The number of halogens is 1. The third kappa shape index (κ3) is 5.57. The SMILES string of the molecule is CC(=O)N[C@H]1CC[C@H](C(=O)N[C@@H](C(=O)N2CC[C@](O)(c3ccc(Cl)cc3)C(C)(C)C2)C(C)C)C1. The van der Waals surface area contributed by atoms with Crippen molar-refractivity contribution in [2.24, 2.45) is 17.3 Å². The van der Waals surface area contributed by atoms with Crippen molar-refractivity contribution in [3.63, 3.8) is 0 Å². The van der Waals surface area contributed by atoms with Gasteiger partial charge in [-0.1, -0.05) is 51.4 Å². The van der Waals surface area contributed by atoms with Crippen LogP contribution in [0.15, 0.2) is 24.3 Å². The minimum Gasteiger partial charge on any atom is -0.384 e. The molecule has 188 valence electrons. The Hall–Kier alpha value is -2.12. The largest absolute Gasteiger partial charge is 0.384 e. The van der Waals surface area contributed by atoms with Crippen LogP contribution < -0.4 is 10.6 Å². The molecular formula is C26H38ClN3O4. The highest BCUT2D eigenvalue weighted by atomic mass is 35.5. The molecule has 1 saturated carbocycles. The van der Waals surface area contributed by atoms with E-state index in [1.165, 1.54) is 6.92 Å². The summed E-state index contributed by atoms with van der Waals surface area (Å²) in [5.41, 5.74) is -0.900. The van der Waals surface area contributed by atoms with Gasteiger partial charge in [-0.15, -0.1) is 0 Å². The fourth-order valence-electron chi connectivity index (χ4n) is 5.39. The molecule has 0 bridgehead atoms. The first-order valence-electron chi connectivity index (χ1n) is 12.2. The molecule has 1 aromatic carbocycles. The predicted octanol–water partition coefficient (Wildman–Crippen LogP) is 3.23. The number of carbonyl (C=O) groups is 3. The Kier molecular flexibility index (Phi) is 7.98. The highest BCUT2D eigenvalue weighted by Crippen LogP contribution is 2.46. The van der Waals surface area contributed by atoms with Gasteiger partial charge in [-0.05, 0) is 49.3 Å². The first-order chi connectivity index (χ1) is 15.8. The number of likely N-dealkylation sites (tertiary alicyclic amines) is 1. The van der Waals surface area contributed by atoms with Crippen LogP contribution in [0.4, 0.5) is 0 Å². The van der Waals surface area contributed by atoms with E-state index >= 15 is 0 Å². The third-order valence-corrected chi connectivity index (χ3v) is 7.78. The Morgan fingerprint density at radius 2 is 1.79 bits per heavy atom. The van der Waals surface area contributed by atoms with Crippen LogP contribution >= 0.6 is 11.6 Å². The second kappa shape index (κ2) is 10.2. The number of nitrogens with zero attached hydrogens (tertiary/aromatic N) is 1. The fraction of sp³-hybridized carbons (Fsp3) is 0.654. The lowest BCUT2D eigenvalue weighted by atomic mass is 9.66. The lowest BCUT2D eigenvalue weighted by Gasteiger charge is -2.51. The van der Waals surface area contributed by atoms with E-state index in [-0.39, 0.29) is 35.6 Å². The standard InChI is InChI=1S/C26H38ClN3O4/c1-16(2)22(29-23(32)18-6-11-21(14-18)28-17(3)31)24(33)30-13-12-26(34,25(4,5)15-30)19-7-9-20(27)10-8-19/h7-10,16,18,21-22,34H,6,11-15H2,1-5H3,(H,28,31)(H,29,32)/t18-,21-,22+,26-/m0/s1. The average molecular weight is 492 g/mol. The van der Waals surface area contributed by atoms with Crippen molar-refractivity contribution in [3.8, 4) is 0 Å². The van der Waals surface area contributed by atoms with E-state index in [1.54, 1.807) is 17.0 Å². The molecule has 0 radical (unpaired) electrons. The predicted molar refractivity (Wildman–Crippen MR) is 132 cm³/mol. The van der Waals surface area contributed by atoms with E-state index in [0.29, 0.717) is 37.4 Å². The Bertz CT molecular complexity index is 917. The molecule has 3 amide bonds. The van der Waals surface area contributed by atoms with Gasteiger partial charge in [0.25, 0.3) is 0 Å². The first-order valence-corrected chi connectivity index (χ1v) is 12.6. The lowest BCUT2D eigenvalue weighted by Crippen LogP contribution is -2.60. The molecular weight excluding hydrogens is 454 g/mol. The van der Waals surface area contributed by atoms with Crippen LogP contribution in [0.1, 0.15) is 65.9 Å². The maximum absolute atomic E-state index is 13.5. The van der Waals surface area contributed by atoms with Gasteiger partial charge in [0.2, 0.25) is 17.7 Å². The highest BCUT2D eigenvalue weighted by molar-refractivity contribution is 6.30. The van der Waals surface area contributed by atoms with Gasteiger partial charge < -0.3 is 20.6 Å². The summed E-state index contributed by atoms with van der Waals surface area (Å²) in [6.45, 7) is 10.0. The maximum Gasteiger partial charge on any atom is 0.245 e. The number of amides is 3. The summed E-state index contributed by atoms with van der Waals surface area (Å²) >= 11 is 6.03. The quantitative estimate of drug-likeness (QED) is 0.569. The second-order valence-electron chi connectivity index (χ2n) is 10.9. The van der Waals surface area contributed by atoms with E-state index in [1.807, 2.05) is 39.8 Å². The summed E-state index contributed by atoms with van der Waals surface area (Å²) in [5.74, 6) is -0.629. The van der Waals surface area contributed by atoms with Crippen LogP contribution in [0.2, 0.25) is 5.02 Å². The zero-order valence-electron chi connectivity index (χ0n) is 20.9. The number of hydrogen-bond acceptors (Lipinski definition) is 4. The average Bonchev–Trinajstić information content (AvgIpc) is 3.21. The van der Waals surface area contributed by atoms with E-state index in [9.17, 15) is 19.5 Å². The van der Waals surface area contributed by atoms with Crippen molar-refractivity contribution >= 4 is 29.3 Å². The van der Waals surface area contributed by atoms with Crippen molar-refractivity contribution < 1.29 is 19.5 Å². The number of aliphatic hydroxyl groups is 1. The number of carbonyl (C=O) groups excluding carboxylic acids is 3. The second-order valence-corrected chi connectivity index (χ2v) is 11.3. The van der Waals surface area contributed by atoms with E-state index in [2.05, 4.69) is 10.6 Å². The van der Waals surface area contributed by atoms with Crippen molar-refractivity contribution in [2.75, 3.05) is 13.1 Å². The first kappa shape index (κ1) is 26.5. The smallest absolute Gasteiger partial charge is 0.245 e. The molecule has 1 heterocycles. The van der Waals surface area contributed by atoms with Crippen molar-refractivity contribution in [3.05, 3.63) is 34.9 Å². The zero-order valence-corrected chi connectivity index (χ0v) is 21.6. The molecule has 1 aliphatic carbocycles. The number of hydrogen-bond donors (Lipinski definition) is 3. The summed E-state index contributed by atoms with van der Waals surface area (Å²) in [6, 6.07) is 6.60.